The van der Waals surface area contributed by atoms with Crippen LogP contribution in [0, 0.1) is 0 Å². The lowest BCUT2D eigenvalue weighted by molar-refractivity contribution is -0.133. The van der Waals surface area contributed by atoms with E-state index < -0.39 is 17.5 Å². The van der Waals surface area contributed by atoms with Gasteiger partial charge < -0.3 is 24.6 Å². The summed E-state index contributed by atoms with van der Waals surface area (Å²) in [6, 6.07) is 2.68. The molecule has 1 amide bonds. The van der Waals surface area contributed by atoms with E-state index in [2.05, 4.69) is 5.32 Å². The molecular formula is C14H19NO6. The number of hydrogen-bond acceptors (Lipinski definition) is 5. The van der Waals surface area contributed by atoms with Crippen molar-refractivity contribution in [3.8, 4) is 11.5 Å². The average Bonchev–Trinajstić information content (AvgIpc) is 2.46. The molecule has 0 atom stereocenters. The van der Waals surface area contributed by atoms with Gasteiger partial charge in [-0.3, -0.25) is 4.79 Å². The van der Waals surface area contributed by atoms with E-state index in [9.17, 15) is 14.7 Å². The Hall–Kier alpha value is -2.28. The van der Waals surface area contributed by atoms with Crippen molar-refractivity contribution in [2.75, 3.05) is 26.6 Å². The highest BCUT2D eigenvalue weighted by Crippen LogP contribution is 2.33. The molecule has 0 heterocycles. The molecule has 7 heteroatoms. The predicted octanol–water partition coefficient (Wildman–Crippen LogP) is 1.77. The molecule has 0 aromatic heterocycles. The summed E-state index contributed by atoms with van der Waals surface area (Å²) in [6.45, 7) is 3.15. The standard InChI is InChI=1S/C14H19NO6/c1-14(2,21-5)13(18)15-9-7-11(20-4)10(19-3)6-8(9)12(16)17/h6-7H,1-5H3,(H,15,18)(H,16,17). The summed E-state index contributed by atoms with van der Waals surface area (Å²) in [7, 11) is 4.21. The molecule has 0 saturated carbocycles. The Balaban J connectivity index is 3.28. The van der Waals surface area contributed by atoms with Gasteiger partial charge in [0, 0.05) is 19.2 Å². The Bertz CT molecular complexity index is 553. The molecule has 0 aliphatic carbocycles. The number of carbonyl (C=O) groups is 2. The highest BCUT2D eigenvalue weighted by molar-refractivity contribution is 6.03. The maximum Gasteiger partial charge on any atom is 0.337 e. The Morgan fingerprint density at radius 3 is 2.05 bits per heavy atom. The molecule has 1 aromatic rings. The second-order valence-electron chi connectivity index (χ2n) is 4.73. The van der Waals surface area contributed by atoms with E-state index in [1.54, 1.807) is 13.8 Å². The number of carboxylic acids is 1. The number of hydrogen-bond donors (Lipinski definition) is 2. The third-order valence-electron chi connectivity index (χ3n) is 3.06. The van der Waals surface area contributed by atoms with Gasteiger partial charge >= 0.3 is 5.97 Å². The van der Waals surface area contributed by atoms with Gasteiger partial charge in [0.1, 0.15) is 5.60 Å². The molecule has 0 bridgehead atoms. The Labute approximate surface area is 122 Å². The zero-order chi connectivity index (χ0) is 16.2. The van der Waals surface area contributed by atoms with Gasteiger partial charge in [-0.1, -0.05) is 0 Å². The van der Waals surface area contributed by atoms with E-state index in [0.29, 0.717) is 5.75 Å². The van der Waals surface area contributed by atoms with Crippen molar-refractivity contribution >= 4 is 17.6 Å². The summed E-state index contributed by atoms with van der Waals surface area (Å²) < 4.78 is 15.2. The summed E-state index contributed by atoms with van der Waals surface area (Å²) in [5.74, 6) is -1.09. The molecule has 0 saturated heterocycles. The van der Waals surface area contributed by atoms with Crippen LogP contribution in [-0.4, -0.2) is 43.9 Å². The van der Waals surface area contributed by atoms with Gasteiger partial charge in [-0.25, -0.2) is 4.79 Å². The second kappa shape index (κ2) is 6.45. The highest BCUT2D eigenvalue weighted by Gasteiger charge is 2.28. The number of amides is 1. The van der Waals surface area contributed by atoms with Crippen LogP contribution >= 0.6 is 0 Å². The monoisotopic (exact) mass is 297 g/mol. The van der Waals surface area contributed by atoms with Gasteiger partial charge in [0.15, 0.2) is 11.5 Å². The number of carboxylic acid groups (broad SMARTS) is 1. The Morgan fingerprint density at radius 2 is 1.62 bits per heavy atom. The van der Waals surface area contributed by atoms with Crippen LogP contribution in [-0.2, 0) is 9.53 Å². The third-order valence-corrected chi connectivity index (χ3v) is 3.06. The SMILES string of the molecule is COc1cc(NC(=O)C(C)(C)OC)c(C(=O)O)cc1OC. The lowest BCUT2D eigenvalue weighted by atomic mass is 10.1. The second-order valence-corrected chi connectivity index (χ2v) is 4.73. The number of carbonyl (C=O) groups excluding carboxylic acids is 1. The van der Waals surface area contributed by atoms with Gasteiger partial charge in [-0.2, -0.15) is 0 Å². The van der Waals surface area contributed by atoms with Crippen molar-refractivity contribution in [1.82, 2.24) is 0 Å². The van der Waals surface area contributed by atoms with Gasteiger partial charge in [0.25, 0.3) is 5.91 Å². The summed E-state index contributed by atoms with van der Waals surface area (Å²) in [5, 5.41) is 11.8. The molecule has 0 fully saturated rings. The maximum absolute atomic E-state index is 12.1. The van der Waals surface area contributed by atoms with Crippen LogP contribution in [0.5, 0.6) is 11.5 Å². The van der Waals surface area contributed by atoms with Crippen LogP contribution in [0.4, 0.5) is 5.69 Å². The van der Waals surface area contributed by atoms with E-state index in [1.165, 1.54) is 33.5 Å². The number of ether oxygens (including phenoxy) is 3. The zero-order valence-electron chi connectivity index (χ0n) is 12.6. The van der Waals surface area contributed by atoms with E-state index in [1.807, 2.05) is 0 Å². The van der Waals surface area contributed by atoms with Crippen molar-refractivity contribution in [1.29, 1.82) is 0 Å². The molecule has 21 heavy (non-hydrogen) atoms. The summed E-state index contributed by atoms with van der Waals surface area (Å²) in [5.41, 5.74) is -1.09. The number of benzene rings is 1. The number of anilines is 1. The summed E-state index contributed by atoms with van der Waals surface area (Å²) in [4.78, 5) is 23.4. The third kappa shape index (κ3) is 3.63. The number of aromatic carboxylic acids is 1. The molecule has 116 valence electrons. The first kappa shape index (κ1) is 16.8. The number of methoxy groups -OCH3 is 3. The molecule has 0 radical (unpaired) electrons. The molecule has 1 rings (SSSR count). The number of nitrogens with one attached hydrogen (secondary N) is 1. The van der Waals surface area contributed by atoms with Crippen LogP contribution < -0.4 is 14.8 Å². The van der Waals surface area contributed by atoms with Crippen LogP contribution in [0.3, 0.4) is 0 Å². The fraction of sp³-hybridized carbons (Fsp3) is 0.429. The summed E-state index contributed by atoms with van der Waals surface area (Å²) in [6.07, 6.45) is 0. The largest absolute Gasteiger partial charge is 0.493 e. The van der Waals surface area contributed by atoms with Crippen LogP contribution in [0.25, 0.3) is 0 Å². The first-order chi connectivity index (χ1) is 9.76. The fourth-order valence-electron chi connectivity index (χ4n) is 1.52. The molecule has 2 N–H and O–H groups in total. The minimum atomic E-state index is -1.19. The Kier molecular flexibility index (Phi) is 5.15. The number of rotatable bonds is 6. The van der Waals surface area contributed by atoms with Gasteiger partial charge in [0.2, 0.25) is 0 Å². The van der Waals surface area contributed by atoms with Crippen LogP contribution in [0.1, 0.15) is 24.2 Å². The summed E-state index contributed by atoms with van der Waals surface area (Å²) >= 11 is 0. The van der Waals surface area contributed by atoms with Gasteiger partial charge in [-0.05, 0) is 13.8 Å². The van der Waals surface area contributed by atoms with Crippen molar-refractivity contribution < 1.29 is 28.9 Å². The normalized spacial score (nSPS) is 10.9. The van der Waals surface area contributed by atoms with Gasteiger partial charge in [0.05, 0.1) is 25.5 Å². The lowest BCUT2D eigenvalue weighted by Crippen LogP contribution is -2.39. The zero-order valence-corrected chi connectivity index (χ0v) is 12.6. The highest BCUT2D eigenvalue weighted by atomic mass is 16.5. The first-order valence-electron chi connectivity index (χ1n) is 6.12. The van der Waals surface area contributed by atoms with Crippen molar-refractivity contribution in [2.45, 2.75) is 19.4 Å². The molecule has 0 spiro atoms. The molecule has 0 aliphatic heterocycles. The first-order valence-corrected chi connectivity index (χ1v) is 6.12. The molecule has 0 aliphatic rings. The van der Waals surface area contributed by atoms with Crippen molar-refractivity contribution in [2.24, 2.45) is 0 Å². The predicted molar refractivity (Wildman–Crippen MR) is 76.2 cm³/mol. The van der Waals surface area contributed by atoms with E-state index >= 15 is 0 Å². The smallest absolute Gasteiger partial charge is 0.337 e. The average molecular weight is 297 g/mol. The minimum absolute atomic E-state index is 0.104. The molecule has 1 aromatic carbocycles. The van der Waals surface area contributed by atoms with E-state index in [4.69, 9.17) is 14.2 Å². The molecule has 7 nitrogen and oxygen atoms in total. The quantitative estimate of drug-likeness (QED) is 0.831. The molecular weight excluding hydrogens is 278 g/mol. The maximum atomic E-state index is 12.1. The van der Waals surface area contributed by atoms with Crippen molar-refractivity contribution in [3.63, 3.8) is 0 Å². The topological polar surface area (TPSA) is 94.1 Å². The Morgan fingerprint density at radius 1 is 1.10 bits per heavy atom. The minimum Gasteiger partial charge on any atom is -0.493 e. The van der Waals surface area contributed by atoms with Crippen LogP contribution in [0.2, 0.25) is 0 Å². The van der Waals surface area contributed by atoms with Crippen LogP contribution in [0.15, 0.2) is 12.1 Å². The van der Waals surface area contributed by atoms with E-state index in [0.717, 1.165) is 0 Å². The molecule has 0 unspecified atom stereocenters. The lowest BCUT2D eigenvalue weighted by Gasteiger charge is -2.22. The van der Waals surface area contributed by atoms with E-state index in [-0.39, 0.29) is 17.0 Å². The van der Waals surface area contributed by atoms with Crippen molar-refractivity contribution in [3.05, 3.63) is 17.7 Å². The van der Waals surface area contributed by atoms with Gasteiger partial charge in [-0.15, -0.1) is 0 Å². The fourth-order valence-corrected chi connectivity index (χ4v) is 1.52.